The first-order valence-electron chi connectivity index (χ1n) is 21.1. The van der Waals surface area contributed by atoms with Gasteiger partial charge in [-0.1, -0.05) is 188 Å². The Bertz CT molecular complexity index is 1310. The van der Waals surface area contributed by atoms with Crippen LogP contribution in [0.2, 0.25) is 0 Å². The van der Waals surface area contributed by atoms with E-state index >= 15 is 0 Å². The molecule has 1 heteroatoms. The van der Waals surface area contributed by atoms with E-state index in [1.54, 1.807) is 0 Å². The third-order valence-electron chi connectivity index (χ3n) is 11.7. The molecule has 0 amide bonds. The predicted octanol–water partition coefficient (Wildman–Crippen LogP) is 16.7. The van der Waals surface area contributed by atoms with Gasteiger partial charge in [-0.2, -0.15) is 12.6 Å². The maximum atomic E-state index is 3.92. The first-order valence-corrected chi connectivity index (χ1v) is 21.7. The monoisotopic (exact) mass is 715 g/mol. The number of rotatable bonds is 17. The first-order chi connectivity index (χ1) is 24.1. The SMILES string of the molecule is CC/C(C)=C1/CC(c2ccc(C(C)(CC)CCCC(C)C)cc2)=CC=C1c1ccc(C(C)(CC)CCCC(C)C)cc1.CCC(C)C.CCCS. The minimum Gasteiger partial charge on any atom is -0.179 e. The second-order valence-corrected chi connectivity index (χ2v) is 17.6. The van der Waals surface area contributed by atoms with Crippen molar-refractivity contribution in [1.29, 1.82) is 0 Å². The van der Waals surface area contributed by atoms with Crippen LogP contribution in [0.15, 0.2) is 71.8 Å². The van der Waals surface area contributed by atoms with Crippen LogP contribution in [0.4, 0.5) is 0 Å². The predicted molar refractivity (Wildman–Crippen MR) is 238 cm³/mol. The van der Waals surface area contributed by atoms with Gasteiger partial charge in [-0.3, -0.25) is 0 Å². The molecule has 0 aromatic heterocycles. The Morgan fingerprint density at radius 1 is 0.647 bits per heavy atom. The zero-order valence-corrected chi connectivity index (χ0v) is 37.0. The number of hydrogen-bond donors (Lipinski definition) is 1. The molecule has 0 heterocycles. The third kappa shape index (κ3) is 15.9. The van der Waals surface area contributed by atoms with Crippen LogP contribution in [0.25, 0.3) is 11.1 Å². The summed E-state index contributed by atoms with van der Waals surface area (Å²) < 4.78 is 0. The summed E-state index contributed by atoms with van der Waals surface area (Å²) in [5, 5.41) is 0. The van der Waals surface area contributed by atoms with Gasteiger partial charge in [-0.05, 0) is 125 Å². The average molecular weight is 715 g/mol. The van der Waals surface area contributed by atoms with Gasteiger partial charge in [0.15, 0.2) is 0 Å². The largest absolute Gasteiger partial charge is 0.179 e. The van der Waals surface area contributed by atoms with Crippen LogP contribution in [0.5, 0.6) is 0 Å². The molecule has 2 unspecified atom stereocenters. The molecule has 2 aromatic carbocycles. The van der Waals surface area contributed by atoms with Gasteiger partial charge >= 0.3 is 0 Å². The molecule has 288 valence electrons. The lowest BCUT2D eigenvalue weighted by molar-refractivity contribution is 0.382. The normalized spacial score (nSPS) is 16.4. The molecule has 1 aliphatic rings. The van der Waals surface area contributed by atoms with Crippen molar-refractivity contribution in [2.24, 2.45) is 17.8 Å². The van der Waals surface area contributed by atoms with E-state index in [1.807, 2.05) is 0 Å². The number of allylic oxidation sites excluding steroid dienone is 6. The van der Waals surface area contributed by atoms with Crippen molar-refractivity contribution >= 4 is 23.8 Å². The average Bonchev–Trinajstić information content (AvgIpc) is 3.14. The first kappa shape index (κ1) is 47.0. The van der Waals surface area contributed by atoms with E-state index in [2.05, 4.69) is 170 Å². The minimum absolute atomic E-state index is 0.258. The Balaban J connectivity index is 0.00000129. The van der Waals surface area contributed by atoms with Gasteiger partial charge in [0.2, 0.25) is 0 Å². The van der Waals surface area contributed by atoms with E-state index in [0.29, 0.717) is 0 Å². The second kappa shape index (κ2) is 24.3. The highest BCUT2D eigenvalue weighted by molar-refractivity contribution is 7.80. The van der Waals surface area contributed by atoms with Crippen molar-refractivity contribution < 1.29 is 0 Å². The van der Waals surface area contributed by atoms with Gasteiger partial charge < -0.3 is 0 Å². The lowest BCUT2D eigenvalue weighted by Crippen LogP contribution is -2.21. The molecule has 0 spiro atoms. The molecule has 0 fully saturated rings. The summed E-state index contributed by atoms with van der Waals surface area (Å²) in [7, 11) is 0. The molecular formula is C50H82S. The molecular weight excluding hydrogens is 633 g/mol. The van der Waals surface area contributed by atoms with Gasteiger partial charge in [0.25, 0.3) is 0 Å². The van der Waals surface area contributed by atoms with E-state index in [9.17, 15) is 0 Å². The zero-order chi connectivity index (χ0) is 38.6. The fourth-order valence-electron chi connectivity index (χ4n) is 6.68. The summed E-state index contributed by atoms with van der Waals surface area (Å²) in [5.41, 5.74) is 12.1. The molecule has 0 saturated heterocycles. The molecule has 1 aliphatic carbocycles. The molecule has 0 bridgehead atoms. The summed E-state index contributed by atoms with van der Waals surface area (Å²) in [5.74, 6) is 3.47. The van der Waals surface area contributed by atoms with E-state index in [-0.39, 0.29) is 10.8 Å². The lowest BCUT2D eigenvalue weighted by Gasteiger charge is -2.30. The molecule has 3 rings (SSSR count). The van der Waals surface area contributed by atoms with Crippen molar-refractivity contribution in [2.45, 2.75) is 185 Å². The number of thiol groups is 1. The van der Waals surface area contributed by atoms with Crippen LogP contribution in [0.1, 0.15) is 196 Å². The summed E-state index contributed by atoms with van der Waals surface area (Å²) in [6, 6.07) is 19.2. The Morgan fingerprint density at radius 2 is 1.06 bits per heavy atom. The van der Waals surface area contributed by atoms with E-state index in [0.717, 1.165) is 36.3 Å². The third-order valence-corrected chi connectivity index (χ3v) is 12.1. The van der Waals surface area contributed by atoms with Gasteiger partial charge in [-0.25, -0.2) is 0 Å². The second-order valence-electron chi connectivity index (χ2n) is 17.1. The summed E-state index contributed by atoms with van der Waals surface area (Å²) >= 11 is 3.92. The molecule has 0 saturated carbocycles. The Hall–Kier alpha value is -1.99. The van der Waals surface area contributed by atoms with Crippen molar-refractivity contribution in [3.8, 4) is 0 Å². The Kier molecular flexibility index (Phi) is 22.5. The van der Waals surface area contributed by atoms with E-state index in [1.165, 1.54) is 109 Å². The minimum atomic E-state index is 0.258. The molecule has 51 heavy (non-hydrogen) atoms. The van der Waals surface area contributed by atoms with Crippen LogP contribution in [-0.2, 0) is 10.8 Å². The highest BCUT2D eigenvalue weighted by atomic mass is 32.1. The summed E-state index contributed by atoms with van der Waals surface area (Å²) in [4.78, 5) is 0. The smallest absolute Gasteiger partial charge is 0.00142 e. The highest BCUT2D eigenvalue weighted by Gasteiger charge is 2.26. The summed E-state index contributed by atoms with van der Waals surface area (Å²) in [6.07, 6.45) is 19.5. The quantitative estimate of drug-likeness (QED) is 0.155. The van der Waals surface area contributed by atoms with Gasteiger partial charge in [-0.15, -0.1) is 0 Å². The highest BCUT2D eigenvalue weighted by Crippen LogP contribution is 2.41. The Labute approximate surface area is 324 Å². The van der Waals surface area contributed by atoms with Crippen LogP contribution >= 0.6 is 12.6 Å². The number of hydrogen-bond acceptors (Lipinski definition) is 1. The van der Waals surface area contributed by atoms with Crippen LogP contribution in [0.3, 0.4) is 0 Å². The summed E-state index contributed by atoms with van der Waals surface area (Å²) in [6.45, 7) is 32.4. The molecule has 2 atom stereocenters. The zero-order valence-electron chi connectivity index (χ0n) is 36.1. The van der Waals surface area contributed by atoms with Crippen LogP contribution in [-0.4, -0.2) is 5.75 Å². The maximum Gasteiger partial charge on any atom is -0.00142 e. The fourth-order valence-corrected chi connectivity index (χ4v) is 6.68. The molecule has 2 aromatic rings. The molecule has 0 radical (unpaired) electrons. The fraction of sp³-hybridized carbons (Fsp3) is 0.640. The van der Waals surface area contributed by atoms with Crippen molar-refractivity contribution in [3.05, 3.63) is 94.1 Å². The maximum absolute atomic E-state index is 3.92. The van der Waals surface area contributed by atoms with E-state index < -0.39 is 0 Å². The van der Waals surface area contributed by atoms with Gasteiger partial charge in [0.1, 0.15) is 0 Å². The van der Waals surface area contributed by atoms with Crippen LogP contribution in [0, 0.1) is 17.8 Å². The number of benzene rings is 2. The Morgan fingerprint density at radius 3 is 1.39 bits per heavy atom. The van der Waals surface area contributed by atoms with Crippen LogP contribution < -0.4 is 0 Å². The molecule has 0 N–H and O–H groups in total. The van der Waals surface area contributed by atoms with E-state index in [4.69, 9.17) is 0 Å². The topological polar surface area (TPSA) is 0 Å². The van der Waals surface area contributed by atoms with Crippen molar-refractivity contribution in [1.82, 2.24) is 0 Å². The molecule has 0 nitrogen and oxygen atoms in total. The lowest BCUT2D eigenvalue weighted by atomic mass is 9.74. The van der Waals surface area contributed by atoms with Gasteiger partial charge in [0, 0.05) is 0 Å². The van der Waals surface area contributed by atoms with Crippen molar-refractivity contribution in [3.63, 3.8) is 0 Å². The van der Waals surface area contributed by atoms with Gasteiger partial charge in [0.05, 0.1) is 0 Å². The standard InChI is InChI=1S/C42H62.C5H12.C3H8S/c1-11-33(8)40-30-36(34-18-23-37(24-19-34)41(9,12-2)28-14-16-31(4)5)22-27-39(40)35-20-25-38(26-21-35)42(10,13-3)29-15-17-32(6)7;1-4-5(2)3;1-2-3-4/h18-27,31-32H,11-17,28-30H2,1-10H3;5H,4H2,1-3H3;4H,2-3H2,1H3/b40-33-;;. The van der Waals surface area contributed by atoms with Crippen molar-refractivity contribution in [2.75, 3.05) is 5.75 Å². The molecule has 0 aliphatic heterocycles.